The van der Waals surface area contributed by atoms with E-state index in [-0.39, 0.29) is 24.0 Å². The molecule has 0 amide bonds. The monoisotopic (exact) mass is 383 g/mol. The third kappa shape index (κ3) is 6.55. The maximum absolute atomic E-state index is 5.00. The Morgan fingerprint density at radius 1 is 1.44 bits per heavy atom. The van der Waals surface area contributed by atoms with Crippen LogP contribution in [0.15, 0.2) is 16.4 Å². The van der Waals surface area contributed by atoms with E-state index in [9.17, 15) is 0 Å². The lowest BCUT2D eigenvalue weighted by Crippen LogP contribution is -2.38. The van der Waals surface area contributed by atoms with Gasteiger partial charge in [-0.15, -0.1) is 35.3 Å². The zero-order valence-corrected chi connectivity index (χ0v) is 14.3. The Hall–Kier alpha value is -0.340. The number of thiophene rings is 1. The lowest BCUT2D eigenvalue weighted by Gasteiger charge is -2.10. The number of hydrogen-bond donors (Lipinski definition) is 2. The number of hydrogen-bond acceptors (Lipinski definition) is 3. The van der Waals surface area contributed by atoms with Crippen LogP contribution in [0, 0.1) is 6.92 Å². The van der Waals surface area contributed by atoms with Crippen LogP contribution in [0.1, 0.15) is 17.4 Å². The van der Waals surface area contributed by atoms with Crippen LogP contribution in [0.3, 0.4) is 0 Å². The predicted molar refractivity (Wildman–Crippen MR) is 89.2 cm³/mol. The van der Waals surface area contributed by atoms with Gasteiger partial charge in [0.2, 0.25) is 0 Å². The van der Waals surface area contributed by atoms with Crippen molar-refractivity contribution < 1.29 is 4.74 Å². The van der Waals surface area contributed by atoms with Crippen LogP contribution in [0.5, 0.6) is 0 Å². The fraction of sp³-hybridized carbons (Fsp3) is 0.583. The molecule has 104 valence electrons. The van der Waals surface area contributed by atoms with Crippen LogP contribution < -0.4 is 10.6 Å². The number of halogens is 1. The smallest absolute Gasteiger partial charge is 0.191 e. The minimum atomic E-state index is 0. The molecule has 1 heterocycles. The van der Waals surface area contributed by atoms with Crippen molar-refractivity contribution in [3.05, 3.63) is 21.9 Å². The predicted octanol–water partition coefficient (Wildman–Crippen LogP) is 2.38. The van der Waals surface area contributed by atoms with E-state index in [0.717, 1.165) is 25.6 Å². The first kappa shape index (κ1) is 17.7. The zero-order chi connectivity index (χ0) is 12.5. The fourth-order valence-electron chi connectivity index (χ4n) is 1.33. The van der Waals surface area contributed by atoms with Gasteiger partial charge in [0.15, 0.2) is 5.96 Å². The van der Waals surface area contributed by atoms with Gasteiger partial charge in [-0.2, -0.15) is 0 Å². The molecule has 0 radical (unpaired) electrons. The highest BCUT2D eigenvalue weighted by molar-refractivity contribution is 14.0. The molecule has 0 bridgehead atoms. The van der Waals surface area contributed by atoms with Crippen LogP contribution >= 0.6 is 35.3 Å². The van der Waals surface area contributed by atoms with E-state index in [1.54, 1.807) is 18.4 Å². The van der Waals surface area contributed by atoms with Gasteiger partial charge in [0.05, 0.1) is 13.2 Å². The van der Waals surface area contributed by atoms with Crippen LogP contribution in [0.25, 0.3) is 0 Å². The second-order valence-corrected chi connectivity index (χ2v) is 4.64. The maximum atomic E-state index is 5.00. The minimum Gasteiger partial charge on any atom is -0.383 e. The summed E-state index contributed by atoms with van der Waals surface area (Å²) in [6.07, 6.45) is 0. The highest BCUT2D eigenvalue weighted by atomic mass is 127. The van der Waals surface area contributed by atoms with Crippen molar-refractivity contribution in [2.45, 2.75) is 20.4 Å². The zero-order valence-electron chi connectivity index (χ0n) is 11.2. The van der Waals surface area contributed by atoms with Gasteiger partial charge in [0.1, 0.15) is 0 Å². The normalized spacial score (nSPS) is 10.9. The molecule has 0 aliphatic rings. The number of rotatable bonds is 6. The van der Waals surface area contributed by atoms with Crippen molar-refractivity contribution in [1.29, 1.82) is 0 Å². The lowest BCUT2D eigenvalue weighted by molar-refractivity contribution is 0.203. The number of ether oxygens (including phenoxy) is 1. The highest BCUT2D eigenvalue weighted by Gasteiger charge is 2.00. The maximum Gasteiger partial charge on any atom is 0.191 e. The molecule has 4 nitrogen and oxygen atoms in total. The molecule has 1 aromatic rings. The first-order valence-corrected chi connectivity index (χ1v) is 6.70. The summed E-state index contributed by atoms with van der Waals surface area (Å²) in [5.74, 6) is 0.845. The van der Waals surface area contributed by atoms with Crippen LogP contribution in [0.4, 0.5) is 0 Å². The fourth-order valence-corrected chi connectivity index (χ4v) is 2.16. The molecule has 0 saturated heterocycles. The van der Waals surface area contributed by atoms with Crippen LogP contribution in [-0.2, 0) is 11.3 Å². The molecule has 0 saturated carbocycles. The molecule has 2 N–H and O–H groups in total. The van der Waals surface area contributed by atoms with Gasteiger partial charge in [-0.25, -0.2) is 4.99 Å². The summed E-state index contributed by atoms with van der Waals surface area (Å²) in [5, 5.41) is 8.54. The number of nitrogens with one attached hydrogen (secondary N) is 2. The summed E-state index contributed by atoms with van der Waals surface area (Å²) in [6, 6.07) is 2.13. The van der Waals surface area contributed by atoms with E-state index >= 15 is 0 Å². The number of aryl methyl sites for hydroxylation is 1. The van der Waals surface area contributed by atoms with E-state index in [0.29, 0.717) is 6.61 Å². The van der Waals surface area contributed by atoms with Gasteiger partial charge in [0.25, 0.3) is 0 Å². The third-order valence-corrected chi connectivity index (χ3v) is 3.30. The molecular formula is C12H22IN3OS. The first-order valence-electron chi connectivity index (χ1n) is 5.82. The van der Waals surface area contributed by atoms with Crippen molar-refractivity contribution in [3.8, 4) is 0 Å². The largest absolute Gasteiger partial charge is 0.383 e. The van der Waals surface area contributed by atoms with E-state index in [2.05, 4.69) is 40.9 Å². The Balaban J connectivity index is 0.00000289. The van der Waals surface area contributed by atoms with E-state index < -0.39 is 0 Å². The number of guanidine groups is 1. The van der Waals surface area contributed by atoms with E-state index in [1.165, 1.54) is 10.4 Å². The summed E-state index contributed by atoms with van der Waals surface area (Å²) >= 11 is 1.75. The van der Waals surface area contributed by atoms with Crippen LogP contribution in [0.2, 0.25) is 0 Å². The molecular weight excluding hydrogens is 361 g/mol. The molecule has 18 heavy (non-hydrogen) atoms. The number of nitrogens with zero attached hydrogens (tertiary/aromatic N) is 1. The lowest BCUT2D eigenvalue weighted by atomic mass is 10.3. The standard InChI is InChI=1S/C12H21N3OS.HI/c1-4-13-12(14-6-7-16-3)15-9-11-10(2)5-8-17-11;/h5,8H,4,6-7,9H2,1-3H3,(H2,13,14,15);1H. The second kappa shape index (κ2) is 10.6. The SMILES string of the molecule is CCNC(=NCc1sccc1C)NCCOC.I. The average Bonchev–Trinajstić information content (AvgIpc) is 2.72. The molecule has 0 spiro atoms. The van der Waals surface area contributed by atoms with Gasteiger partial charge in [0, 0.05) is 25.1 Å². The minimum absolute atomic E-state index is 0. The van der Waals surface area contributed by atoms with Crippen molar-refractivity contribution >= 4 is 41.3 Å². The van der Waals surface area contributed by atoms with Gasteiger partial charge in [-0.3, -0.25) is 0 Å². The molecule has 1 rings (SSSR count). The van der Waals surface area contributed by atoms with Gasteiger partial charge >= 0.3 is 0 Å². The Kier molecular flexibility index (Phi) is 10.4. The van der Waals surface area contributed by atoms with Crippen molar-refractivity contribution in [2.24, 2.45) is 4.99 Å². The Morgan fingerprint density at radius 3 is 2.78 bits per heavy atom. The quantitative estimate of drug-likeness (QED) is 0.343. The average molecular weight is 383 g/mol. The van der Waals surface area contributed by atoms with Gasteiger partial charge < -0.3 is 15.4 Å². The summed E-state index contributed by atoms with van der Waals surface area (Å²) in [7, 11) is 1.70. The highest BCUT2D eigenvalue weighted by Crippen LogP contribution is 2.16. The summed E-state index contributed by atoms with van der Waals surface area (Å²) < 4.78 is 5.00. The molecule has 0 aromatic carbocycles. The molecule has 0 fully saturated rings. The van der Waals surface area contributed by atoms with Gasteiger partial charge in [-0.05, 0) is 30.9 Å². The summed E-state index contributed by atoms with van der Waals surface area (Å²) in [5.41, 5.74) is 1.31. The summed E-state index contributed by atoms with van der Waals surface area (Å²) in [4.78, 5) is 5.85. The van der Waals surface area contributed by atoms with Gasteiger partial charge in [-0.1, -0.05) is 0 Å². The molecule has 1 aromatic heterocycles. The molecule has 0 aliphatic carbocycles. The van der Waals surface area contributed by atoms with Crippen LogP contribution in [-0.4, -0.2) is 32.8 Å². The van der Waals surface area contributed by atoms with Crippen molar-refractivity contribution in [1.82, 2.24) is 10.6 Å². The topological polar surface area (TPSA) is 45.7 Å². The molecule has 0 aliphatic heterocycles. The number of methoxy groups -OCH3 is 1. The molecule has 0 unspecified atom stereocenters. The Bertz CT molecular complexity index is 355. The Labute approximate surface area is 130 Å². The second-order valence-electron chi connectivity index (χ2n) is 3.64. The first-order chi connectivity index (χ1) is 8.27. The van der Waals surface area contributed by atoms with E-state index in [4.69, 9.17) is 4.74 Å². The van der Waals surface area contributed by atoms with E-state index in [1.807, 2.05) is 0 Å². The van der Waals surface area contributed by atoms with Crippen molar-refractivity contribution in [2.75, 3.05) is 26.8 Å². The molecule has 0 atom stereocenters. The Morgan fingerprint density at radius 2 is 2.22 bits per heavy atom. The van der Waals surface area contributed by atoms with Crippen molar-refractivity contribution in [3.63, 3.8) is 0 Å². The summed E-state index contributed by atoms with van der Waals surface area (Å²) in [6.45, 7) is 7.22. The number of aliphatic imine (C=N–C) groups is 1. The third-order valence-electron chi connectivity index (χ3n) is 2.29. The molecule has 6 heteroatoms.